The van der Waals surface area contributed by atoms with Crippen molar-refractivity contribution in [3.8, 4) is 11.5 Å². The van der Waals surface area contributed by atoms with Gasteiger partial charge in [0.1, 0.15) is 23.2 Å². The van der Waals surface area contributed by atoms with Gasteiger partial charge in [-0.05, 0) is 54.8 Å². The highest BCUT2D eigenvalue weighted by Crippen LogP contribution is 2.46. The molecule has 0 fully saturated rings. The number of carbonyl (C=O) groups is 3. The number of benzene rings is 4. The van der Waals surface area contributed by atoms with Crippen LogP contribution in [0.1, 0.15) is 52.6 Å². The van der Waals surface area contributed by atoms with Crippen LogP contribution in [0.4, 0.5) is 14.0 Å². The van der Waals surface area contributed by atoms with Crippen LogP contribution in [-0.4, -0.2) is 46.1 Å². The van der Waals surface area contributed by atoms with Crippen LogP contribution in [-0.2, 0) is 17.8 Å². The third kappa shape index (κ3) is 6.48. The van der Waals surface area contributed by atoms with Gasteiger partial charge in [-0.1, -0.05) is 72.8 Å². The summed E-state index contributed by atoms with van der Waals surface area (Å²) in [5.74, 6) is -0.436. The largest absolute Gasteiger partial charge is 0.478 e. The van der Waals surface area contributed by atoms with Gasteiger partial charge in [-0.25, -0.2) is 24.4 Å². The number of ether oxygens (including phenoxy) is 3. The van der Waals surface area contributed by atoms with Crippen molar-refractivity contribution in [1.29, 1.82) is 0 Å². The summed E-state index contributed by atoms with van der Waals surface area (Å²) in [4.78, 5) is 46.2. The Morgan fingerprint density at radius 1 is 0.917 bits per heavy atom. The first-order chi connectivity index (χ1) is 23.2. The van der Waals surface area contributed by atoms with Crippen molar-refractivity contribution in [2.75, 3.05) is 7.11 Å². The number of carbonyl (C=O) groups excluding carboxylic acids is 3. The molecule has 5 aromatic rings. The Hall–Kier alpha value is -5.97. The molecule has 11 heteroatoms. The molecule has 1 aliphatic rings. The molecule has 0 radical (unpaired) electrons. The molecule has 244 valence electrons. The van der Waals surface area contributed by atoms with Crippen LogP contribution in [0.15, 0.2) is 103 Å². The zero-order valence-electron chi connectivity index (χ0n) is 26.6. The standard InChI is InChI=1S/C37H33FN4O6/c1-23(2)42(37(45)46-3)40-36(44)48-33-28-15-10-20-39-31(28)34(47-32(25-11-6-4-7-12-25)26-13-8-5-9-14-26)30-29(33)22-41(35(30)43)21-24-16-18-27(38)19-17-24/h4-20,23,32H,21-22H2,1-3H3,(H,40,44). The molecule has 48 heavy (non-hydrogen) atoms. The fraction of sp³-hybridized carbons (Fsp3) is 0.189. The molecule has 0 saturated carbocycles. The summed E-state index contributed by atoms with van der Waals surface area (Å²) in [7, 11) is 1.20. The summed E-state index contributed by atoms with van der Waals surface area (Å²) in [5, 5.41) is 1.42. The molecule has 0 atom stereocenters. The van der Waals surface area contributed by atoms with E-state index in [1.54, 1.807) is 49.2 Å². The molecule has 4 aromatic carbocycles. The van der Waals surface area contributed by atoms with Crippen LogP contribution in [0.2, 0.25) is 0 Å². The van der Waals surface area contributed by atoms with Crippen molar-refractivity contribution < 1.29 is 33.0 Å². The molecular weight excluding hydrogens is 615 g/mol. The van der Waals surface area contributed by atoms with E-state index in [9.17, 15) is 18.8 Å². The van der Waals surface area contributed by atoms with Gasteiger partial charge in [-0.2, -0.15) is 0 Å². The lowest BCUT2D eigenvalue weighted by Gasteiger charge is -2.25. The number of hydrazine groups is 1. The van der Waals surface area contributed by atoms with E-state index in [4.69, 9.17) is 14.2 Å². The topological polar surface area (TPSA) is 110 Å². The number of rotatable bonds is 8. The second-order valence-electron chi connectivity index (χ2n) is 11.5. The Kier molecular flexibility index (Phi) is 9.20. The minimum atomic E-state index is -0.967. The van der Waals surface area contributed by atoms with E-state index in [2.05, 4.69) is 10.4 Å². The smallest absolute Gasteiger partial charge is 0.431 e. The molecule has 0 spiro atoms. The van der Waals surface area contributed by atoms with E-state index in [1.165, 1.54) is 19.2 Å². The first-order valence-electron chi connectivity index (χ1n) is 15.3. The number of amides is 3. The minimum absolute atomic E-state index is 0.0571. The van der Waals surface area contributed by atoms with Gasteiger partial charge in [0, 0.05) is 23.7 Å². The SMILES string of the molecule is COC(=O)N(NC(=O)Oc1c2c(c(OC(c3ccccc3)c3ccccc3)c3ncccc13)C(=O)N(Cc1ccc(F)cc1)C2)C(C)C. The van der Waals surface area contributed by atoms with Crippen molar-refractivity contribution in [2.24, 2.45) is 0 Å². The van der Waals surface area contributed by atoms with Crippen molar-refractivity contribution in [3.63, 3.8) is 0 Å². The van der Waals surface area contributed by atoms with E-state index < -0.39 is 24.3 Å². The predicted molar refractivity (Wildman–Crippen MR) is 176 cm³/mol. The van der Waals surface area contributed by atoms with E-state index in [0.29, 0.717) is 22.0 Å². The predicted octanol–water partition coefficient (Wildman–Crippen LogP) is 7.18. The van der Waals surface area contributed by atoms with Crippen LogP contribution in [0.3, 0.4) is 0 Å². The maximum atomic E-state index is 14.3. The molecule has 10 nitrogen and oxygen atoms in total. The molecule has 0 unspecified atom stereocenters. The molecule has 1 aliphatic heterocycles. The van der Waals surface area contributed by atoms with Gasteiger partial charge in [0.15, 0.2) is 5.75 Å². The van der Waals surface area contributed by atoms with Crippen LogP contribution < -0.4 is 14.9 Å². The highest BCUT2D eigenvalue weighted by atomic mass is 19.1. The average Bonchev–Trinajstić information content (AvgIpc) is 3.43. The third-order valence-electron chi connectivity index (χ3n) is 7.94. The highest BCUT2D eigenvalue weighted by Gasteiger charge is 2.38. The summed E-state index contributed by atoms with van der Waals surface area (Å²) in [5.41, 5.74) is 5.76. The zero-order valence-corrected chi connectivity index (χ0v) is 26.6. The lowest BCUT2D eigenvalue weighted by molar-refractivity contribution is 0.0761. The first kappa shape index (κ1) is 32.0. The maximum Gasteiger partial charge on any atom is 0.431 e. The van der Waals surface area contributed by atoms with Crippen molar-refractivity contribution in [3.05, 3.63) is 137 Å². The van der Waals surface area contributed by atoms with Crippen LogP contribution in [0, 0.1) is 5.82 Å². The Morgan fingerprint density at radius 2 is 1.56 bits per heavy atom. The number of aromatic nitrogens is 1. The molecular formula is C37H33FN4O6. The molecule has 0 saturated heterocycles. The highest BCUT2D eigenvalue weighted by molar-refractivity contribution is 6.09. The number of nitrogens with one attached hydrogen (secondary N) is 1. The molecule has 1 aromatic heterocycles. The maximum absolute atomic E-state index is 14.3. The van der Waals surface area contributed by atoms with Gasteiger partial charge < -0.3 is 19.1 Å². The van der Waals surface area contributed by atoms with E-state index >= 15 is 0 Å². The van der Waals surface area contributed by atoms with Crippen molar-refractivity contribution in [2.45, 2.75) is 39.1 Å². The molecule has 1 N–H and O–H groups in total. The van der Waals surface area contributed by atoms with Gasteiger partial charge in [-0.3, -0.25) is 9.78 Å². The summed E-state index contributed by atoms with van der Waals surface area (Å²) < 4.78 is 31.3. The molecule has 2 heterocycles. The number of methoxy groups -OCH3 is 1. The van der Waals surface area contributed by atoms with Gasteiger partial charge in [0.2, 0.25) is 0 Å². The summed E-state index contributed by atoms with van der Waals surface area (Å²) in [6.07, 6.45) is -0.795. The van der Waals surface area contributed by atoms with Crippen LogP contribution in [0.25, 0.3) is 10.9 Å². The second-order valence-corrected chi connectivity index (χ2v) is 11.5. The molecule has 3 amide bonds. The Labute approximate surface area is 276 Å². The number of halogens is 1. The van der Waals surface area contributed by atoms with Crippen molar-refractivity contribution in [1.82, 2.24) is 20.3 Å². The van der Waals surface area contributed by atoms with Gasteiger partial charge in [-0.15, -0.1) is 0 Å². The fourth-order valence-electron chi connectivity index (χ4n) is 5.67. The molecule has 0 bridgehead atoms. The number of pyridine rings is 1. The Morgan fingerprint density at radius 3 is 2.17 bits per heavy atom. The van der Waals surface area contributed by atoms with Gasteiger partial charge in [0.25, 0.3) is 5.91 Å². The Balaban J connectivity index is 1.49. The minimum Gasteiger partial charge on any atom is -0.478 e. The average molecular weight is 649 g/mol. The third-order valence-corrected chi connectivity index (χ3v) is 7.94. The number of hydrogen-bond acceptors (Lipinski definition) is 7. The summed E-state index contributed by atoms with van der Waals surface area (Å²) in [6.45, 7) is 3.61. The normalized spacial score (nSPS) is 12.3. The second kappa shape index (κ2) is 13.8. The van der Waals surface area contributed by atoms with E-state index in [0.717, 1.165) is 16.1 Å². The summed E-state index contributed by atoms with van der Waals surface area (Å²) in [6, 6.07) is 28.1. The van der Waals surface area contributed by atoms with Gasteiger partial charge in [0.05, 0.1) is 25.3 Å². The number of hydrogen-bond donors (Lipinski definition) is 1. The molecule has 0 aliphatic carbocycles. The lowest BCUT2D eigenvalue weighted by atomic mass is 9.99. The lowest BCUT2D eigenvalue weighted by Crippen LogP contribution is -2.50. The van der Waals surface area contributed by atoms with Gasteiger partial charge >= 0.3 is 12.2 Å². The molecule has 6 rings (SSSR count). The first-order valence-corrected chi connectivity index (χ1v) is 15.3. The zero-order chi connectivity index (χ0) is 33.8. The van der Waals surface area contributed by atoms with E-state index in [-0.39, 0.29) is 41.9 Å². The Bertz CT molecular complexity index is 1920. The van der Waals surface area contributed by atoms with Crippen LogP contribution >= 0.6 is 0 Å². The van der Waals surface area contributed by atoms with Crippen LogP contribution in [0.5, 0.6) is 11.5 Å². The quantitative estimate of drug-likeness (QED) is 0.178. The fourth-order valence-corrected chi connectivity index (χ4v) is 5.67. The monoisotopic (exact) mass is 648 g/mol. The number of fused-ring (bicyclic) bond motifs is 2. The number of nitrogens with zero attached hydrogens (tertiary/aromatic N) is 3. The van der Waals surface area contributed by atoms with E-state index in [1.807, 2.05) is 60.7 Å². The van der Waals surface area contributed by atoms with Crippen molar-refractivity contribution >= 4 is 29.0 Å². The summed E-state index contributed by atoms with van der Waals surface area (Å²) >= 11 is 0.